The average Bonchev–Trinajstić information content (AvgIpc) is 2.74. The van der Waals surface area contributed by atoms with E-state index in [1.54, 1.807) is 0 Å². The lowest BCUT2D eigenvalue weighted by Crippen LogP contribution is -2.22. The van der Waals surface area contributed by atoms with Crippen LogP contribution >= 0.6 is 0 Å². The largest absolute Gasteiger partial charge is 0.573 e. The highest BCUT2D eigenvalue weighted by molar-refractivity contribution is 5.89. The van der Waals surface area contributed by atoms with Crippen LogP contribution in [0.1, 0.15) is 52.9 Å². The Labute approximate surface area is 185 Å². The predicted molar refractivity (Wildman–Crippen MR) is 120 cm³/mol. The van der Waals surface area contributed by atoms with Gasteiger partial charge in [-0.25, -0.2) is 0 Å². The summed E-state index contributed by atoms with van der Waals surface area (Å²) in [6.07, 6.45) is -1.18. The number of carbonyl (C=O) groups excluding carboxylic acids is 1. The SMILES string of the molecule is Cc1cc2c(cc1-c1cc(C=O)ccc1OC(F)(F)F)C(c1ccccc1)=CCC2(C)C. The number of aryl methyl sites for hydroxylation is 1. The average molecular weight is 436 g/mol. The third kappa shape index (κ3) is 4.20. The first kappa shape index (κ1) is 21.9. The Morgan fingerprint density at radius 3 is 2.31 bits per heavy atom. The Bertz CT molecular complexity index is 1210. The zero-order valence-electron chi connectivity index (χ0n) is 18.1. The molecule has 0 N–H and O–H groups in total. The molecule has 0 amide bonds. The smallest absolute Gasteiger partial charge is 0.405 e. The number of ether oxygens (including phenoxy) is 1. The Kier molecular flexibility index (Phi) is 5.45. The Balaban J connectivity index is 1.96. The molecule has 0 saturated heterocycles. The van der Waals surface area contributed by atoms with Crippen molar-refractivity contribution in [1.82, 2.24) is 0 Å². The molecule has 0 spiro atoms. The minimum absolute atomic E-state index is 0.118. The first-order valence-electron chi connectivity index (χ1n) is 10.4. The van der Waals surface area contributed by atoms with Gasteiger partial charge in [-0.1, -0.05) is 56.3 Å². The summed E-state index contributed by atoms with van der Waals surface area (Å²) in [7, 11) is 0. The fourth-order valence-electron chi connectivity index (χ4n) is 4.29. The number of fused-ring (bicyclic) bond motifs is 1. The number of hydrogen-bond donors (Lipinski definition) is 0. The van der Waals surface area contributed by atoms with Crippen LogP contribution in [-0.2, 0) is 5.41 Å². The molecule has 0 bridgehead atoms. The van der Waals surface area contributed by atoms with Gasteiger partial charge in [-0.2, -0.15) is 0 Å². The third-order valence-corrected chi connectivity index (χ3v) is 5.94. The second-order valence-electron chi connectivity index (χ2n) is 8.71. The molecule has 1 aliphatic rings. The Morgan fingerprint density at radius 2 is 1.66 bits per heavy atom. The molecule has 0 unspecified atom stereocenters. The van der Waals surface area contributed by atoms with Crippen LogP contribution in [-0.4, -0.2) is 12.6 Å². The molecule has 5 heteroatoms. The van der Waals surface area contributed by atoms with Gasteiger partial charge in [-0.05, 0) is 76.4 Å². The van der Waals surface area contributed by atoms with Gasteiger partial charge in [0.2, 0.25) is 0 Å². The van der Waals surface area contributed by atoms with Crippen molar-refractivity contribution in [3.8, 4) is 16.9 Å². The van der Waals surface area contributed by atoms with E-state index in [0.717, 1.165) is 34.2 Å². The van der Waals surface area contributed by atoms with Crippen LogP contribution in [0.5, 0.6) is 5.75 Å². The standard InChI is InChI=1S/C27H23F3O2/c1-17-13-24-22(20(11-12-26(24,2)3)19-7-5-4-6-8-19)15-21(17)23-14-18(16-31)9-10-25(23)32-27(28,29)30/h4-11,13-16H,12H2,1-3H3. The van der Waals surface area contributed by atoms with Gasteiger partial charge >= 0.3 is 6.36 Å². The number of benzene rings is 3. The molecule has 0 aliphatic heterocycles. The maximum absolute atomic E-state index is 13.1. The highest BCUT2D eigenvalue weighted by Gasteiger charge is 2.33. The molecule has 2 nitrogen and oxygen atoms in total. The van der Waals surface area contributed by atoms with E-state index in [4.69, 9.17) is 0 Å². The number of aldehydes is 1. The van der Waals surface area contributed by atoms with Gasteiger partial charge in [-0.3, -0.25) is 4.79 Å². The summed E-state index contributed by atoms with van der Waals surface area (Å²) in [4.78, 5) is 11.4. The zero-order valence-corrected chi connectivity index (χ0v) is 18.1. The summed E-state index contributed by atoms with van der Waals surface area (Å²) in [5.74, 6) is -0.327. The van der Waals surface area contributed by atoms with Gasteiger partial charge in [0.1, 0.15) is 12.0 Å². The van der Waals surface area contributed by atoms with Crippen molar-refractivity contribution in [3.63, 3.8) is 0 Å². The molecule has 32 heavy (non-hydrogen) atoms. The summed E-state index contributed by atoms with van der Waals surface area (Å²) in [5.41, 5.74) is 6.04. The van der Waals surface area contributed by atoms with E-state index in [2.05, 4.69) is 24.7 Å². The maximum atomic E-state index is 13.1. The molecule has 0 aromatic heterocycles. The molecule has 0 atom stereocenters. The lowest BCUT2D eigenvalue weighted by Gasteiger charge is -2.33. The molecule has 0 radical (unpaired) electrons. The number of alkyl halides is 3. The Morgan fingerprint density at radius 1 is 0.938 bits per heavy atom. The minimum Gasteiger partial charge on any atom is -0.405 e. The highest BCUT2D eigenvalue weighted by Crippen LogP contribution is 2.45. The van der Waals surface area contributed by atoms with Gasteiger partial charge in [0, 0.05) is 11.1 Å². The van der Waals surface area contributed by atoms with E-state index in [1.807, 2.05) is 49.4 Å². The molecule has 4 rings (SSSR count). The number of carbonyl (C=O) groups is 1. The van der Waals surface area contributed by atoms with Crippen molar-refractivity contribution in [1.29, 1.82) is 0 Å². The summed E-state index contributed by atoms with van der Waals surface area (Å²) in [5, 5.41) is 0. The van der Waals surface area contributed by atoms with Crippen molar-refractivity contribution in [2.45, 2.75) is 39.0 Å². The highest BCUT2D eigenvalue weighted by atomic mass is 19.4. The first-order chi connectivity index (χ1) is 15.1. The fraction of sp³-hybridized carbons (Fsp3) is 0.222. The quantitative estimate of drug-likeness (QED) is 0.396. The lowest BCUT2D eigenvalue weighted by molar-refractivity contribution is -0.274. The molecule has 3 aromatic carbocycles. The molecular weight excluding hydrogens is 413 g/mol. The summed E-state index contributed by atoms with van der Waals surface area (Å²) >= 11 is 0. The van der Waals surface area contributed by atoms with Gasteiger partial charge < -0.3 is 4.74 Å². The monoisotopic (exact) mass is 436 g/mol. The normalized spacial score (nSPS) is 15.0. The summed E-state index contributed by atoms with van der Waals surface area (Å²) in [6, 6.07) is 17.9. The van der Waals surface area contributed by atoms with Crippen molar-refractivity contribution in [2.24, 2.45) is 0 Å². The molecule has 1 aliphatic carbocycles. The number of halogens is 3. The van der Waals surface area contributed by atoms with E-state index in [-0.39, 0.29) is 22.3 Å². The van der Waals surface area contributed by atoms with Crippen LogP contribution in [0.2, 0.25) is 0 Å². The summed E-state index contributed by atoms with van der Waals surface area (Å²) in [6.45, 7) is 6.19. The van der Waals surface area contributed by atoms with Crippen molar-refractivity contribution < 1.29 is 22.7 Å². The van der Waals surface area contributed by atoms with E-state index in [1.165, 1.54) is 18.2 Å². The molecular formula is C27H23F3O2. The van der Waals surface area contributed by atoms with Gasteiger partial charge in [0.05, 0.1) is 0 Å². The molecule has 164 valence electrons. The van der Waals surface area contributed by atoms with Crippen LogP contribution in [0.25, 0.3) is 16.7 Å². The van der Waals surface area contributed by atoms with Gasteiger partial charge in [0.15, 0.2) is 0 Å². The molecule has 3 aromatic rings. The van der Waals surface area contributed by atoms with E-state index >= 15 is 0 Å². The van der Waals surface area contributed by atoms with Gasteiger partial charge in [-0.15, -0.1) is 13.2 Å². The molecule has 0 saturated carbocycles. The number of allylic oxidation sites excluding steroid dienone is 1. The van der Waals surface area contributed by atoms with Crippen LogP contribution < -0.4 is 4.74 Å². The van der Waals surface area contributed by atoms with Crippen molar-refractivity contribution in [2.75, 3.05) is 0 Å². The van der Waals surface area contributed by atoms with Crippen LogP contribution in [0.3, 0.4) is 0 Å². The van der Waals surface area contributed by atoms with Crippen LogP contribution in [0, 0.1) is 6.92 Å². The molecule has 0 fully saturated rings. The summed E-state index contributed by atoms with van der Waals surface area (Å²) < 4.78 is 43.5. The third-order valence-electron chi connectivity index (χ3n) is 5.94. The lowest BCUT2D eigenvalue weighted by atomic mass is 9.71. The first-order valence-corrected chi connectivity index (χ1v) is 10.4. The van der Waals surface area contributed by atoms with Crippen molar-refractivity contribution in [3.05, 3.63) is 94.6 Å². The Hall–Kier alpha value is -3.34. The fourth-order valence-corrected chi connectivity index (χ4v) is 4.29. The van der Waals surface area contributed by atoms with E-state index in [0.29, 0.717) is 11.8 Å². The van der Waals surface area contributed by atoms with Crippen LogP contribution in [0.15, 0.2) is 66.7 Å². The number of hydrogen-bond acceptors (Lipinski definition) is 2. The van der Waals surface area contributed by atoms with Crippen molar-refractivity contribution >= 4 is 11.9 Å². The topological polar surface area (TPSA) is 26.3 Å². The van der Waals surface area contributed by atoms with E-state index < -0.39 is 6.36 Å². The second-order valence-corrected chi connectivity index (χ2v) is 8.71. The number of rotatable bonds is 4. The minimum atomic E-state index is -4.84. The maximum Gasteiger partial charge on any atom is 0.573 e. The van der Waals surface area contributed by atoms with Gasteiger partial charge in [0.25, 0.3) is 0 Å². The van der Waals surface area contributed by atoms with Crippen LogP contribution in [0.4, 0.5) is 13.2 Å². The molecule has 0 heterocycles. The second kappa shape index (κ2) is 7.97. The predicted octanol–water partition coefficient (Wildman–Crippen LogP) is 7.49. The van der Waals surface area contributed by atoms with E-state index in [9.17, 15) is 18.0 Å². The zero-order chi connectivity index (χ0) is 23.1.